The first-order valence-electron chi connectivity index (χ1n) is 13.3. The summed E-state index contributed by atoms with van der Waals surface area (Å²) in [5.41, 5.74) is 2.74. The van der Waals surface area contributed by atoms with E-state index >= 15 is 0 Å². The van der Waals surface area contributed by atoms with Crippen LogP contribution in [0, 0.1) is 23.7 Å². The molecule has 41 heavy (non-hydrogen) atoms. The average molecular weight is 606 g/mol. The molecule has 2 N–H and O–H groups in total. The smallest absolute Gasteiger partial charge is 0.156 e. The summed E-state index contributed by atoms with van der Waals surface area (Å²) < 4.78 is 0. The second-order valence-corrected chi connectivity index (χ2v) is 11.2. The van der Waals surface area contributed by atoms with Gasteiger partial charge in [-0.25, -0.2) is 29.9 Å². The summed E-state index contributed by atoms with van der Waals surface area (Å²) in [6.07, 6.45) is 7.21. The van der Waals surface area contributed by atoms with E-state index in [1.165, 1.54) is 23.7 Å². The van der Waals surface area contributed by atoms with Gasteiger partial charge in [0, 0.05) is 17.1 Å². The van der Waals surface area contributed by atoms with Crippen molar-refractivity contribution >= 4 is 46.9 Å². The van der Waals surface area contributed by atoms with Crippen molar-refractivity contribution < 1.29 is 17.1 Å². The maximum Gasteiger partial charge on any atom is 0.156 e. The van der Waals surface area contributed by atoms with Gasteiger partial charge in [-0.2, -0.15) is 83.1 Å². The van der Waals surface area contributed by atoms with Crippen molar-refractivity contribution in [2.45, 2.75) is 83.1 Å². The summed E-state index contributed by atoms with van der Waals surface area (Å²) in [7, 11) is 0. The van der Waals surface area contributed by atoms with Crippen molar-refractivity contribution in [1.82, 2.24) is 39.9 Å². The van der Waals surface area contributed by atoms with Gasteiger partial charge in [-0.15, -0.1) is 0 Å². The Kier molecular flexibility index (Phi) is 18.3. The zero-order valence-corrected chi connectivity index (χ0v) is 27.5. The van der Waals surface area contributed by atoms with Crippen LogP contribution in [0.25, 0.3) is 46.9 Å². The molecule has 0 unspecified atom stereocenters. The van der Waals surface area contributed by atoms with Gasteiger partial charge in [0.2, 0.25) is 0 Å². The predicted molar refractivity (Wildman–Crippen MR) is 171 cm³/mol. The maximum atomic E-state index is 4.48. The first-order chi connectivity index (χ1) is 18.7. The van der Waals surface area contributed by atoms with Crippen LogP contribution in [0.5, 0.6) is 0 Å². The van der Waals surface area contributed by atoms with Crippen molar-refractivity contribution in [2.24, 2.45) is 0 Å². The number of rotatable bonds is 0. The average Bonchev–Trinajstić information content (AvgIpc) is 3.58. The molecule has 3 aromatic heterocycles. The van der Waals surface area contributed by atoms with Crippen molar-refractivity contribution in [3.8, 4) is 0 Å². The molecule has 0 fully saturated rings. The molecule has 9 heteroatoms. The fraction of sp³-hybridized carbons (Fsp3) is 0.375. The molecule has 0 saturated heterocycles. The zero-order valence-electron chi connectivity index (χ0n) is 26.6. The molecule has 0 aliphatic carbocycles. The van der Waals surface area contributed by atoms with Crippen LogP contribution >= 0.6 is 0 Å². The van der Waals surface area contributed by atoms with Gasteiger partial charge in [0.05, 0.1) is 0 Å². The van der Waals surface area contributed by atoms with E-state index in [4.69, 9.17) is 0 Å². The van der Waals surface area contributed by atoms with E-state index in [2.05, 4.69) is 123 Å². The Hall–Kier alpha value is -3.16. The Morgan fingerprint density at radius 3 is 0.805 bits per heavy atom. The van der Waals surface area contributed by atoms with Crippen molar-refractivity contribution in [2.75, 3.05) is 0 Å². The van der Waals surface area contributed by atoms with E-state index in [-0.39, 0.29) is 17.1 Å². The Morgan fingerprint density at radius 2 is 0.561 bits per heavy atom. The van der Waals surface area contributed by atoms with Crippen LogP contribution in [0.15, 0.2) is 24.3 Å². The van der Waals surface area contributed by atoms with Crippen LogP contribution < -0.4 is 0 Å². The summed E-state index contributed by atoms with van der Waals surface area (Å²) in [5.74, 6) is 7.94. The summed E-state index contributed by atoms with van der Waals surface area (Å²) in [6, 6.07) is 7.41. The molecule has 229 valence electrons. The Labute approximate surface area is 257 Å². The number of aromatic amines is 2. The summed E-state index contributed by atoms with van der Waals surface area (Å²) in [4.78, 5) is 32.7. The first-order valence-corrected chi connectivity index (χ1v) is 13.3. The predicted octanol–water partition coefficient (Wildman–Crippen LogP) is 8.72. The molecule has 5 rings (SSSR count). The number of hydrogen-bond acceptors (Lipinski definition) is 6. The minimum atomic E-state index is 0. The van der Waals surface area contributed by atoms with E-state index in [1.54, 1.807) is 24.3 Å². The van der Waals surface area contributed by atoms with E-state index in [0.717, 1.165) is 0 Å². The standard InChI is InChI=1S/C16H10N8.4C4H9.Cu/c1-2-10-17-9(1)21-11-3-4-13(18-11)23-15-7-8-16(20-15)24-14-6-5-12(19-14)22-10;4*1-4(2)3;/h1-8H,(H2,17,18,19,20,21,22,23,24);4*1-3H3;/q;4*-1;. The topological polar surface area (TPSA) is 109 Å². The Bertz CT molecular complexity index is 1240. The fourth-order valence-electron chi connectivity index (χ4n) is 2.43. The molecule has 3 aromatic rings. The van der Waals surface area contributed by atoms with Gasteiger partial charge in [0.25, 0.3) is 0 Å². The molecule has 0 saturated carbocycles. The van der Waals surface area contributed by atoms with Gasteiger partial charge in [0.1, 0.15) is 22.6 Å². The molecule has 0 amide bonds. The van der Waals surface area contributed by atoms with Gasteiger partial charge in [0.15, 0.2) is 23.3 Å². The Morgan fingerprint density at radius 1 is 0.366 bits per heavy atom. The van der Waals surface area contributed by atoms with Crippen LogP contribution in [0.2, 0.25) is 0 Å². The minimum Gasteiger partial charge on any atom is -0.325 e. The summed E-state index contributed by atoms with van der Waals surface area (Å²) >= 11 is 0. The Balaban J connectivity index is 0.000000789. The second kappa shape index (κ2) is 19.8. The SMILES string of the molecule is C1=Cc2nc1nc1nc(nc3ccc(nc4ccc(n2)[nH]4)[nH]3)C=C1.C[C-](C)C.C[C-](C)C.C[C-](C)C.C[C-](C)C.[Cu]. The third-order valence-electron chi connectivity index (χ3n) is 3.47. The summed E-state index contributed by atoms with van der Waals surface area (Å²) in [6.45, 7) is 25.0. The van der Waals surface area contributed by atoms with Gasteiger partial charge < -0.3 is 33.6 Å². The number of hydrogen-bond donors (Lipinski definition) is 2. The number of H-pyrrole nitrogens is 2. The molecule has 0 atom stereocenters. The molecule has 1 radical (unpaired) electrons. The number of aromatic nitrogens is 8. The van der Waals surface area contributed by atoms with E-state index in [0.29, 0.717) is 45.9 Å². The van der Waals surface area contributed by atoms with Crippen molar-refractivity contribution in [3.05, 3.63) is 71.2 Å². The molecule has 8 nitrogen and oxygen atoms in total. The van der Waals surface area contributed by atoms with Crippen LogP contribution in [0.3, 0.4) is 0 Å². The van der Waals surface area contributed by atoms with Crippen LogP contribution in [0.1, 0.15) is 106 Å². The molecular weight excluding hydrogens is 560 g/mol. The van der Waals surface area contributed by atoms with E-state index in [1.807, 2.05) is 24.3 Å². The summed E-state index contributed by atoms with van der Waals surface area (Å²) in [5, 5.41) is 0. The monoisotopic (exact) mass is 605 g/mol. The third kappa shape index (κ3) is 18.7. The molecule has 2 aliphatic heterocycles. The molecule has 5 heterocycles. The molecule has 8 bridgehead atoms. The normalized spacial score (nSPS) is 10.9. The first kappa shape index (κ1) is 37.8. The maximum absolute atomic E-state index is 4.48. The van der Waals surface area contributed by atoms with Crippen LogP contribution in [-0.4, -0.2) is 39.9 Å². The zero-order chi connectivity index (χ0) is 30.2. The second-order valence-electron chi connectivity index (χ2n) is 11.2. The van der Waals surface area contributed by atoms with Gasteiger partial charge in [-0.05, 0) is 48.6 Å². The third-order valence-corrected chi connectivity index (χ3v) is 3.47. The molecule has 0 aromatic carbocycles. The molecule has 2 aliphatic rings. The van der Waals surface area contributed by atoms with Crippen LogP contribution in [0.4, 0.5) is 0 Å². The van der Waals surface area contributed by atoms with E-state index in [9.17, 15) is 0 Å². The quantitative estimate of drug-likeness (QED) is 0.135. The van der Waals surface area contributed by atoms with Gasteiger partial charge in [-0.3, -0.25) is 0 Å². The van der Waals surface area contributed by atoms with Crippen molar-refractivity contribution in [1.29, 1.82) is 0 Å². The number of nitrogens with zero attached hydrogens (tertiary/aromatic N) is 6. The molecular formula is C32H46CuN8-4. The number of fused-ring (bicyclic) bond motifs is 8. The number of nitrogens with one attached hydrogen (secondary N) is 2. The minimum absolute atomic E-state index is 0. The van der Waals surface area contributed by atoms with Crippen LogP contribution in [-0.2, 0) is 17.1 Å². The largest absolute Gasteiger partial charge is 0.325 e. The van der Waals surface area contributed by atoms with Crippen molar-refractivity contribution in [3.63, 3.8) is 0 Å². The van der Waals surface area contributed by atoms with Gasteiger partial charge >= 0.3 is 0 Å². The van der Waals surface area contributed by atoms with E-state index < -0.39 is 0 Å². The molecule has 0 spiro atoms. The fourth-order valence-corrected chi connectivity index (χ4v) is 2.43. The van der Waals surface area contributed by atoms with Gasteiger partial charge in [-0.1, -0.05) is 0 Å².